The van der Waals surface area contributed by atoms with E-state index in [1.165, 1.54) is 15.6 Å². The summed E-state index contributed by atoms with van der Waals surface area (Å²) < 4.78 is 28.6. The first-order valence-corrected chi connectivity index (χ1v) is 14.5. The Morgan fingerprint density at radius 2 is 1.94 bits per heavy atom. The van der Waals surface area contributed by atoms with Crippen molar-refractivity contribution in [1.29, 1.82) is 0 Å². The van der Waals surface area contributed by atoms with Crippen molar-refractivity contribution in [3.8, 4) is 0 Å². The van der Waals surface area contributed by atoms with Crippen molar-refractivity contribution >= 4 is 65.6 Å². The number of rotatable bonds is 4. The molecule has 1 aromatic carbocycles. The van der Waals surface area contributed by atoms with Gasteiger partial charge in [0.1, 0.15) is 4.21 Å². The number of thiazole rings is 1. The van der Waals surface area contributed by atoms with Crippen molar-refractivity contribution in [1.82, 2.24) is 14.2 Å². The lowest BCUT2D eigenvalue weighted by molar-refractivity contribution is -0.137. The second-order valence-corrected chi connectivity index (χ2v) is 13.0. The highest BCUT2D eigenvalue weighted by Gasteiger charge is 2.36. The maximum absolute atomic E-state index is 13.2. The predicted molar refractivity (Wildman–Crippen MR) is 134 cm³/mol. The van der Waals surface area contributed by atoms with Crippen LogP contribution in [0.4, 0.5) is 5.13 Å². The Bertz CT molecular complexity index is 1230. The maximum atomic E-state index is 13.2. The van der Waals surface area contributed by atoms with Gasteiger partial charge >= 0.3 is 0 Å². The highest BCUT2D eigenvalue weighted by Crippen LogP contribution is 2.36. The van der Waals surface area contributed by atoms with Gasteiger partial charge in [0.25, 0.3) is 10.0 Å². The van der Waals surface area contributed by atoms with E-state index in [2.05, 4.69) is 4.90 Å². The van der Waals surface area contributed by atoms with Crippen LogP contribution in [0.3, 0.4) is 0 Å². The number of halogens is 1. The summed E-state index contributed by atoms with van der Waals surface area (Å²) in [7, 11) is -3.53. The number of aryl methyl sites for hydroxylation is 1. The molecular formula is C22H25ClN4O3S3. The molecule has 4 heterocycles. The van der Waals surface area contributed by atoms with Crippen LogP contribution in [0.15, 0.2) is 33.9 Å². The molecule has 33 heavy (non-hydrogen) atoms. The minimum absolute atomic E-state index is 0.0592. The van der Waals surface area contributed by atoms with E-state index in [1.54, 1.807) is 28.8 Å². The molecular weight excluding hydrogens is 500 g/mol. The highest BCUT2D eigenvalue weighted by molar-refractivity contribution is 7.91. The zero-order valence-corrected chi connectivity index (χ0v) is 21.4. The zero-order valence-electron chi connectivity index (χ0n) is 18.2. The summed E-state index contributed by atoms with van der Waals surface area (Å²) in [5, 5.41) is 3.41. The first-order valence-electron chi connectivity index (χ1n) is 11.0. The fraction of sp³-hybridized carbons (Fsp3) is 0.455. The van der Waals surface area contributed by atoms with Crippen molar-refractivity contribution in [3.63, 3.8) is 0 Å². The Balaban J connectivity index is 1.23. The van der Waals surface area contributed by atoms with Crippen LogP contribution in [0, 0.1) is 12.8 Å². The van der Waals surface area contributed by atoms with E-state index in [4.69, 9.17) is 16.6 Å². The molecule has 1 unspecified atom stereocenters. The monoisotopic (exact) mass is 524 g/mol. The van der Waals surface area contributed by atoms with E-state index >= 15 is 0 Å². The molecule has 0 aliphatic carbocycles. The Morgan fingerprint density at radius 3 is 2.64 bits per heavy atom. The molecule has 2 aliphatic heterocycles. The number of nitrogens with zero attached hydrogens (tertiary/aromatic N) is 4. The van der Waals surface area contributed by atoms with Gasteiger partial charge in [0.15, 0.2) is 5.13 Å². The van der Waals surface area contributed by atoms with E-state index in [9.17, 15) is 13.2 Å². The summed E-state index contributed by atoms with van der Waals surface area (Å²) in [6.07, 6.45) is 1.43. The van der Waals surface area contributed by atoms with Crippen molar-refractivity contribution in [2.75, 3.05) is 44.2 Å². The normalized spacial score (nSPS) is 20.5. The molecule has 7 nitrogen and oxygen atoms in total. The molecule has 0 radical (unpaired) electrons. The van der Waals surface area contributed by atoms with Gasteiger partial charge in [0, 0.05) is 39.3 Å². The third-order valence-electron chi connectivity index (χ3n) is 6.37. The number of carbonyl (C=O) groups is 1. The summed E-state index contributed by atoms with van der Waals surface area (Å²) in [6, 6.07) is 7.26. The molecule has 0 bridgehead atoms. The van der Waals surface area contributed by atoms with Crippen LogP contribution >= 0.6 is 34.3 Å². The molecule has 2 aliphatic rings. The Labute approximate surface area is 206 Å². The van der Waals surface area contributed by atoms with Gasteiger partial charge in [-0.2, -0.15) is 4.31 Å². The van der Waals surface area contributed by atoms with Gasteiger partial charge in [-0.05, 0) is 42.8 Å². The van der Waals surface area contributed by atoms with Crippen molar-refractivity contribution in [2.45, 2.75) is 24.0 Å². The minimum atomic E-state index is -3.53. The lowest BCUT2D eigenvalue weighted by Crippen LogP contribution is -2.53. The Kier molecular flexibility index (Phi) is 6.39. The number of benzene rings is 1. The number of hydrogen-bond acceptors (Lipinski definition) is 7. The van der Waals surface area contributed by atoms with Gasteiger partial charge in [-0.1, -0.05) is 35.1 Å². The van der Waals surface area contributed by atoms with Gasteiger partial charge in [0.05, 0.1) is 21.2 Å². The van der Waals surface area contributed by atoms with Crippen molar-refractivity contribution < 1.29 is 13.2 Å². The highest BCUT2D eigenvalue weighted by atomic mass is 35.5. The average Bonchev–Trinajstić information content (AvgIpc) is 3.53. The third-order valence-corrected chi connectivity index (χ3v) is 11.2. The molecule has 1 amide bonds. The van der Waals surface area contributed by atoms with Crippen LogP contribution in [0.1, 0.15) is 18.4 Å². The molecule has 0 N–H and O–H groups in total. The van der Waals surface area contributed by atoms with E-state index in [1.807, 2.05) is 24.0 Å². The van der Waals surface area contributed by atoms with Crippen LogP contribution in [-0.2, 0) is 14.8 Å². The Morgan fingerprint density at radius 1 is 1.15 bits per heavy atom. The molecule has 2 fully saturated rings. The van der Waals surface area contributed by atoms with Gasteiger partial charge < -0.3 is 9.80 Å². The summed E-state index contributed by atoms with van der Waals surface area (Å²) in [6.45, 7) is 5.38. The molecule has 5 rings (SSSR count). The summed E-state index contributed by atoms with van der Waals surface area (Å²) in [5.74, 6) is -0.229. The van der Waals surface area contributed by atoms with Crippen molar-refractivity contribution in [2.24, 2.45) is 5.92 Å². The first-order chi connectivity index (χ1) is 15.8. The van der Waals surface area contributed by atoms with Crippen LogP contribution < -0.4 is 4.90 Å². The third kappa shape index (κ3) is 4.39. The zero-order chi connectivity index (χ0) is 23.2. The van der Waals surface area contributed by atoms with E-state index in [0.29, 0.717) is 48.4 Å². The molecule has 0 spiro atoms. The number of anilines is 1. The largest absolute Gasteiger partial charge is 0.345 e. The second kappa shape index (κ2) is 9.14. The lowest BCUT2D eigenvalue weighted by Gasteiger charge is -2.38. The topological polar surface area (TPSA) is 73.8 Å². The minimum Gasteiger partial charge on any atom is -0.345 e. The van der Waals surface area contributed by atoms with E-state index in [-0.39, 0.29) is 18.4 Å². The quantitative estimate of drug-likeness (QED) is 0.514. The van der Waals surface area contributed by atoms with Gasteiger partial charge in [-0.15, -0.1) is 11.3 Å². The molecule has 3 aromatic rings. The number of sulfonamides is 1. The molecule has 0 saturated carbocycles. The van der Waals surface area contributed by atoms with Gasteiger partial charge in [-0.25, -0.2) is 13.4 Å². The summed E-state index contributed by atoms with van der Waals surface area (Å²) >= 11 is 9.17. The summed E-state index contributed by atoms with van der Waals surface area (Å²) in [5.41, 5.74) is 2.04. The fourth-order valence-electron chi connectivity index (χ4n) is 4.50. The molecule has 11 heteroatoms. The first kappa shape index (κ1) is 23.0. The van der Waals surface area contributed by atoms with Crippen LogP contribution in [-0.4, -0.2) is 67.8 Å². The standard InChI is InChI=1S/C22H25ClN4O3S3/c1-15-6-7-17(23)20-19(15)24-22(32-20)26-11-9-25(10-12-26)21(28)16-4-2-8-27(14-16)33(29,30)18-5-3-13-31-18/h3,5-7,13,16H,2,4,8-12,14H2,1H3. The van der Waals surface area contributed by atoms with Crippen LogP contribution in [0.2, 0.25) is 5.02 Å². The predicted octanol–water partition coefficient (Wildman–Crippen LogP) is 4.07. The average molecular weight is 525 g/mol. The SMILES string of the molecule is Cc1ccc(Cl)c2sc(N3CCN(C(=O)C4CCCN(S(=O)(=O)c5cccs5)C4)CC3)nc12. The number of aromatic nitrogens is 1. The van der Waals surface area contributed by atoms with Gasteiger partial charge in [-0.3, -0.25) is 4.79 Å². The number of fused-ring (bicyclic) bond motifs is 1. The lowest BCUT2D eigenvalue weighted by atomic mass is 9.98. The van der Waals surface area contributed by atoms with E-state index in [0.717, 1.165) is 27.3 Å². The molecule has 2 aromatic heterocycles. The fourth-order valence-corrected chi connectivity index (χ4v) is 8.54. The maximum Gasteiger partial charge on any atom is 0.252 e. The number of thiophene rings is 1. The smallest absolute Gasteiger partial charge is 0.252 e. The molecule has 176 valence electrons. The number of hydrogen-bond donors (Lipinski definition) is 0. The summed E-state index contributed by atoms with van der Waals surface area (Å²) in [4.78, 5) is 22.1. The van der Waals surface area contributed by atoms with Crippen LogP contribution in [0.5, 0.6) is 0 Å². The Hall–Kier alpha value is -1.72. The molecule has 1 atom stereocenters. The molecule has 2 saturated heterocycles. The van der Waals surface area contributed by atoms with Gasteiger partial charge in [0.2, 0.25) is 5.91 Å². The number of piperidine rings is 1. The van der Waals surface area contributed by atoms with Crippen molar-refractivity contribution in [3.05, 3.63) is 40.2 Å². The van der Waals surface area contributed by atoms with Crippen LogP contribution in [0.25, 0.3) is 10.2 Å². The number of piperazine rings is 1. The van der Waals surface area contributed by atoms with E-state index < -0.39 is 10.0 Å². The second-order valence-electron chi connectivity index (χ2n) is 8.49. The number of amides is 1. The number of carbonyl (C=O) groups excluding carboxylic acids is 1.